The minimum Gasteiger partial charge on any atom is -0.495 e. The Balaban J connectivity index is 1.84. The number of urea groups is 1. The van der Waals surface area contributed by atoms with Gasteiger partial charge in [-0.3, -0.25) is 0 Å². The van der Waals surface area contributed by atoms with Crippen LogP contribution in [0.2, 0.25) is 5.02 Å². The number of carbonyl (C=O) groups excluding carboxylic acids is 1. The van der Waals surface area contributed by atoms with Gasteiger partial charge in [-0.05, 0) is 43.7 Å². The second-order valence-electron chi connectivity index (χ2n) is 5.94. The predicted molar refractivity (Wildman–Crippen MR) is 95.9 cm³/mol. The van der Waals surface area contributed by atoms with E-state index in [2.05, 4.69) is 35.9 Å². The van der Waals surface area contributed by atoms with E-state index in [-0.39, 0.29) is 12.1 Å². The van der Waals surface area contributed by atoms with E-state index < -0.39 is 0 Å². The summed E-state index contributed by atoms with van der Waals surface area (Å²) >= 11 is 6.04. The van der Waals surface area contributed by atoms with Crippen molar-refractivity contribution in [3.05, 3.63) is 46.7 Å². The molecule has 0 unspecified atom stereocenters. The Morgan fingerprint density at radius 1 is 1.33 bits per heavy atom. The van der Waals surface area contributed by atoms with E-state index in [0.29, 0.717) is 23.0 Å². The molecule has 1 aliphatic heterocycles. The van der Waals surface area contributed by atoms with Gasteiger partial charge in [-0.1, -0.05) is 18.5 Å². The van der Waals surface area contributed by atoms with E-state index in [9.17, 15) is 4.79 Å². The highest BCUT2D eigenvalue weighted by Crippen LogP contribution is 2.32. The van der Waals surface area contributed by atoms with Gasteiger partial charge in [0.15, 0.2) is 0 Å². The number of fused-ring (bicyclic) bond motifs is 1. The van der Waals surface area contributed by atoms with Crippen molar-refractivity contribution in [2.75, 3.05) is 19.0 Å². The standard InChI is InChI=1S/C18H22ClN3O2/c1-4-15-16-7-5-12(2)21(16)9-10-22(15)18(23)20-14-11-13(19)6-8-17(14)24-3/h5-8,11,15H,4,9-10H2,1-3H3,(H,20,23)/t15-/m1/s1. The molecule has 0 fully saturated rings. The van der Waals surface area contributed by atoms with Gasteiger partial charge < -0.3 is 19.5 Å². The molecule has 2 aromatic rings. The lowest BCUT2D eigenvalue weighted by molar-refractivity contribution is 0.165. The topological polar surface area (TPSA) is 46.5 Å². The lowest BCUT2D eigenvalue weighted by atomic mass is 10.1. The SMILES string of the molecule is CC[C@@H]1c2ccc(C)n2CCN1C(=O)Nc1cc(Cl)ccc1OC. The molecule has 2 heterocycles. The third kappa shape index (κ3) is 2.96. The number of carbonyl (C=O) groups is 1. The maximum atomic E-state index is 12.8. The fraction of sp³-hybridized carbons (Fsp3) is 0.389. The van der Waals surface area contributed by atoms with Crippen LogP contribution < -0.4 is 10.1 Å². The number of nitrogens with zero attached hydrogens (tertiary/aromatic N) is 2. The van der Waals surface area contributed by atoms with Crippen LogP contribution in [0.5, 0.6) is 5.75 Å². The van der Waals surface area contributed by atoms with Gasteiger partial charge in [-0.2, -0.15) is 0 Å². The Kier molecular flexibility index (Phi) is 4.71. The number of anilines is 1. The first kappa shape index (κ1) is 16.7. The van der Waals surface area contributed by atoms with E-state index in [4.69, 9.17) is 16.3 Å². The molecule has 5 nitrogen and oxygen atoms in total. The summed E-state index contributed by atoms with van der Waals surface area (Å²) in [4.78, 5) is 14.7. The number of aromatic nitrogens is 1. The molecule has 0 radical (unpaired) electrons. The smallest absolute Gasteiger partial charge is 0.322 e. The molecule has 1 N–H and O–H groups in total. The van der Waals surface area contributed by atoms with Crippen LogP contribution in [0.1, 0.15) is 30.8 Å². The van der Waals surface area contributed by atoms with Gasteiger partial charge in [0.05, 0.1) is 18.8 Å². The first-order valence-corrected chi connectivity index (χ1v) is 8.50. The number of amides is 2. The third-order valence-corrected chi connectivity index (χ3v) is 4.80. The summed E-state index contributed by atoms with van der Waals surface area (Å²) in [6, 6.07) is 9.35. The molecule has 0 bridgehead atoms. The summed E-state index contributed by atoms with van der Waals surface area (Å²) in [5, 5.41) is 3.50. The van der Waals surface area contributed by atoms with Crippen LogP contribution >= 0.6 is 11.6 Å². The first-order valence-electron chi connectivity index (χ1n) is 8.12. The maximum Gasteiger partial charge on any atom is 0.322 e. The average Bonchev–Trinajstić information content (AvgIpc) is 2.95. The predicted octanol–water partition coefficient (Wildman–Crippen LogP) is 4.46. The van der Waals surface area contributed by atoms with Gasteiger partial charge in [0, 0.05) is 29.5 Å². The zero-order valence-corrected chi connectivity index (χ0v) is 14.9. The zero-order chi connectivity index (χ0) is 17.3. The quantitative estimate of drug-likeness (QED) is 0.891. The Morgan fingerprint density at radius 2 is 2.12 bits per heavy atom. The van der Waals surface area contributed by atoms with Crippen molar-refractivity contribution in [1.29, 1.82) is 0 Å². The van der Waals surface area contributed by atoms with Gasteiger partial charge in [0.1, 0.15) is 5.75 Å². The van der Waals surface area contributed by atoms with Gasteiger partial charge in [-0.15, -0.1) is 0 Å². The van der Waals surface area contributed by atoms with E-state index in [0.717, 1.165) is 13.0 Å². The van der Waals surface area contributed by atoms with Crippen LogP contribution in [0.4, 0.5) is 10.5 Å². The largest absolute Gasteiger partial charge is 0.495 e. The Labute approximate surface area is 147 Å². The maximum absolute atomic E-state index is 12.8. The number of aryl methyl sites for hydroxylation is 1. The van der Waals surface area contributed by atoms with Crippen LogP contribution in [0.3, 0.4) is 0 Å². The molecular formula is C18H22ClN3O2. The van der Waals surface area contributed by atoms with Gasteiger partial charge in [0.25, 0.3) is 0 Å². The van der Waals surface area contributed by atoms with E-state index in [1.807, 2.05) is 4.90 Å². The van der Waals surface area contributed by atoms with Gasteiger partial charge >= 0.3 is 6.03 Å². The molecular weight excluding hydrogens is 326 g/mol. The van der Waals surface area contributed by atoms with Crippen molar-refractivity contribution in [3.63, 3.8) is 0 Å². The molecule has 1 atom stereocenters. The number of halogens is 1. The fourth-order valence-electron chi connectivity index (χ4n) is 3.35. The zero-order valence-electron chi connectivity index (χ0n) is 14.2. The molecule has 1 aromatic carbocycles. The summed E-state index contributed by atoms with van der Waals surface area (Å²) in [5.74, 6) is 0.594. The Hall–Kier alpha value is -2.14. The summed E-state index contributed by atoms with van der Waals surface area (Å²) < 4.78 is 7.59. The van der Waals surface area contributed by atoms with Crippen molar-refractivity contribution < 1.29 is 9.53 Å². The van der Waals surface area contributed by atoms with Crippen LogP contribution in [-0.2, 0) is 6.54 Å². The molecule has 24 heavy (non-hydrogen) atoms. The van der Waals surface area contributed by atoms with Crippen LogP contribution in [-0.4, -0.2) is 29.2 Å². The Bertz CT molecular complexity index is 757. The molecule has 0 aliphatic carbocycles. The number of hydrogen-bond donors (Lipinski definition) is 1. The number of nitrogens with one attached hydrogen (secondary N) is 1. The van der Waals surface area contributed by atoms with E-state index in [1.165, 1.54) is 11.4 Å². The first-order chi connectivity index (χ1) is 11.5. The molecule has 1 aromatic heterocycles. The summed E-state index contributed by atoms with van der Waals surface area (Å²) in [6.45, 7) is 5.69. The summed E-state index contributed by atoms with van der Waals surface area (Å²) in [5.41, 5.74) is 3.01. The highest BCUT2D eigenvalue weighted by Gasteiger charge is 2.30. The minimum atomic E-state index is -0.132. The number of hydrogen-bond acceptors (Lipinski definition) is 2. The number of benzene rings is 1. The summed E-state index contributed by atoms with van der Waals surface area (Å²) in [6.07, 6.45) is 0.865. The molecule has 1 aliphatic rings. The van der Waals surface area contributed by atoms with E-state index in [1.54, 1.807) is 25.3 Å². The number of ether oxygens (including phenoxy) is 1. The summed E-state index contributed by atoms with van der Waals surface area (Å²) in [7, 11) is 1.57. The highest BCUT2D eigenvalue weighted by atomic mass is 35.5. The Morgan fingerprint density at radius 3 is 2.83 bits per heavy atom. The molecule has 6 heteroatoms. The molecule has 0 saturated carbocycles. The third-order valence-electron chi connectivity index (χ3n) is 4.57. The van der Waals surface area contributed by atoms with Crippen molar-refractivity contribution in [3.8, 4) is 5.75 Å². The normalized spacial score (nSPS) is 16.7. The van der Waals surface area contributed by atoms with E-state index >= 15 is 0 Å². The van der Waals surface area contributed by atoms with Gasteiger partial charge in [0.2, 0.25) is 0 Å². The van der Waals surface area contributed by atoms with Crippen LogP contribution in [0.25, 0.3) is 0 Å². The van der Waals surface area contributed by atoms with Crippen molar-refractivity contribution in [2.24, 2.45) is 0 Å². The second kappa shape index (κ2) is 6.77. The molecule has 3 rings (SSSR count). The van der Waals surface area contributed by atoms with Crippen LogP contribution in [0.15, 0.2) is 30.3 Å². The fourth-order valence-corrected chi connectivity index (χ4v) is 3.52. The second-order valence-corrected chi connectivity index (χ2v) is 6.38. The van der Waals surface area contributed by atoms with Gasteiger partial charge in [-0.25, -0.2) is 4.79 Å². The van der Waals surface area contributed by atoms with Crippen LogP contribution in [0, 0.1) is 6.92 Å². The van der Waals surface area contributed by atoms with Crippen molar-refractivity contribution in [2.45, 2.75) is 32.9 Å². The highest BCUT2D eigenvalue weighted by molar-refractivity contribution is 6.31. The van der Waals surface area contributed by atoms with Crippen molar-refractivity contribution >= 4 is 23.3 Å². The molecule has 2 amide bonds. The van der Waals surface area contributed by atoms with Crippen molar-refractivity contribution in [1.82, 2.24) is 9.47 Å². The monoisotopic (exact) mass is 347 g/mol. The molecule has 128 valence electrons. The average molecular weight is 348 g/mol. The molecule has 0 spiro atoms. The minimum absolute atomic E-state index is 0.0672. The lowest BCUT2D eigenvalue weighted by Gasteiger charge is -2.37. The lowest BCUT2D eigenvalue weighted by Crippen LogP contribution is -2.44. The number of methoxy groups -OCH3 is 1. The molecule has 0 saturated heterocycles. The number of rotatable bonds is 3.